The van der Waals surface area contributed by atoms with E-state index >= 15 is 0 Å². The van der Waals surface area contributed by atoms with Crippen LogP contribution in [-0.4, -0.2) is 40.1 Å². The van der Waals surface area contributed by atoms with Gasteiger partial charge in [-0.05, 0) is 57.2 Å². The quantitative estimate of drug-likeness (QED) is 0.233. The maximum atomic E-state index is 13.2. The van der Waals surface area contributed by atoms with Gasteiger partial charge >= 0.3 is 0 Å². The zero-order chi connectivity index (χ0) is 26.1. The molecule has 8 nitrogen and oxygen atoms in total. The number of hydrogen-bond donors (Lipinski definition) is 1. The molecule has 0 aliphatic carbocycles. The minimum absolute atomic E-state index is 0.0976. The third-order valence-electron chi connectivity index (χ3n) is 6.14. The number of rotatable bonds is 8. The van der Waals surface area contributed by atoms with E-state index in [0.717, 1.165) is 33.5 Å². The van der Waals surface area contributed by atoms with E-state index in [2.05, 4.69) is 29.4 Å². The topological polar surface area (TPSA) is 91.4 Å². The molecule has 5 aromatic rings. The van der Waals surface area contributed by atoms with Gasteiger partial charge in [0.15, 0.2) is 11.0 Å². The lowest BCUT2D eigenvalue weighted by Gasteiger charge is -2.17. The Labute approximate surface area is 219 Å². The molecule has 190 valence electrons. The Bertz CT molecular complexity index is 1570. The first-order valence-corrected chi connectivity index (χ1v) is 12.8. The van der Waals surface area contributed by atoms with Crippen LogP contribution in [0.15, 0.2) is 70.2 Å². The fourth-order valence-electron chi connectivity index (χ4n) is 4.22. The number of aromatic nitrogens is 3. The van der Waals surface area contributed by atoms with Gasteiger partial charge in [0.05, 0.1) is 25.2 Å². The molecule has 9 heteroatoms. The Morgan fingerprint density at radius 3 is 2.41 bits per heavy atom. The van der Waals surface area contributed by atoms with Crippen molar-refractivity contribution in [2.75, 3.05) is 19.5 Å². The first-order valence-electron chi connectivity index (χ1n) is 12.0. The summed E-state index contributed by atoms with van der Waals surface area (Å²) in [6.45, 7) is 5.98. The molecule has 0 saturated heterocycles. The summed E-state index contributed by atoms with van der Waals surface area (Å²) < 4.78 is 18.9. The van der Waals surface area contributed by atoms with Crippen LogP contribution < -0.4 is 14.8 Å². The summed E-state index contributed by atoms with van der Waals surface area (Å²) in [5, 5.41) is 14.0. The fourth-order valence-corrected chi connectivity index (χ4v) is 5.20. The predicted octanol–water partition coefficient (Wildman–Crippen LogP) is 6.56. The predicted molar refractivity (Wildman–Crippen MR) is 147 cm³/mol. The summed E-state index contributed by atoms with van der Waals surface area (Å²) in [6, 6.07) is 19.3. The molecule has 0 spiro atoms. The van der Waals surface area contributed by atoms with Crippen molar-refractivity contribution in [3.8, 4) is 22.9 Å². The van der Waals surface area contributed by atoms with Gasteiger partial charge in [0.2, 0.25) is 5.91 Å². The zero-order valence-corrected chi connectivity index (χ0v) is 22.1. The van der Waals surface area contributed by atoms with Gasteiger partial charge in [-0.1, -0.05) is 30.0 Å². The zero-order valence-electron chi connectivity index (χ0n) is 21.3. The Morgan fingerprint density at radius 2 is 1.70 bits per heavy atom. The second-order valence-corrected chi connectivity index (χ2v) is 10.2. The first-order chi connectivity index (χ1) is 17.9. The number of anilines is 1. The molecular weight excluding hydrogens is 488 g/mol. The molecule has 1 N–H and O–H groups in total. The Balaban J connectivity index is 1.39. The van der Waals surface area contributed by atoms with E-state index in [1.807, 2.05) is 72.2 Å². The highest BCUT2D eigenvalue weighted by Gasteiger charge is 2.23. The first kappa shape index (κ1) is 24.7. The van der Waals surface area contributed by atoms with Gasteiger partial charge in [-0.15, -0.1) is 10.2 Å². The van der Waals surface area contributed by atoms with Crippen molar-refractivity contribution in [1.82, 2.24) is 14.8 Å². The van der Waals surface area contributed by atoms with Crippen LogP contribution in [-0.2, 0) is 4.79 Å². The van der Waals surface area contributed by atoms with E-state index in [-0.39, 0.29) is 11.9 Å². The monoisotopic (exact) mass is 516 g/mol. The summed E-state index contributed by atoms with van der Waals surface area (Å²) in [5.74, 6) is 1.90. The average Bonchev–Trinajstić information content (AvgIpc) is 3.49. The summed E-state index contributed by atoms with van der Waals surface area (Å²) in [5.41, 5.74) is 2.94. The summed E-state index contributed by atoms with van der Waals surface area (Å²) in [4.78, 5) is 13.2. The fraction of sp³-hybridized carbons (Fsp3) is 0.250. The van der Waals surface area contributed by atoms with Gasteiger partial charge in [-0.2, -0.15) is 0 Å². The Hall–Kier alpha value is -3.98. The van der Waals surface area contributed by atoms with Crippen molar-refractivity contribution in [2.45, 2.75) is 37.2 Å². The van der Waals surface area contributed by atoms with E-state index in [0.29, 0.717) is 22.2 Å². The van der Waals surface area contributed by atoms with Crippen LogP contribution in [0.4, 0.5) is 5.69 Å². The number of ether oxygens (including phenoxy) is 2. The molecule has 0 aliphatic heterocycles. The largest absolute Gasteiger partial charge is 0.497 e. The molecule has 1 amide bonds. The average molecular weight is 517 g/mol. The number of thioether (sulfide) groups is 1. The molecule has 0 bridgehead atoms. The van der Waals surface area contributed by atoms with Gasteiger partial charge in [0.1, 0.15) is 22.7 Å². The number of furan rings is 1. The molecule has 1 atom stereocenters. The molecule has 0 saturated carbocycles. The number of fused-ring (bicyclic) bond motifs is 3. The molecular formula is C28H28N4O4S. The highest BCUT2D eigenvalue weighted by Crippen LogP contribution is 2.37. The van der Waals surface area contributed by atoms with Gasteiger partial charge < -0.3 is 19.2 Å². The number of benzene rings is 3. The second kappa shape index (κ2) is 10.2. The molecule has 0 fully saturated rings. The molecule has 37 heavy (non-hydrogen) atoms. The van der Waals surface area contributed by atoms with Crippen LogP contribution in [0.25, 0.3) is 33.3 Å². The van der Waals surface area contributed by atoms with E-state index in [4.69, 9.17) is 13.9 Å². The van der Waals surface area contributed by atoms with Crippen molar-refractivity contribution < 1.29 is 18.7 Å². The smallest absolute Gasteiger partial charge is 0.237 e. The molecule has 2 heterocycles. The van der Waals surface area contributed by atoms with Crippen molar-refractivity contribution in [1.29, 1.82) is 0 Å². The third kappa shape index (κ3) is 4.74. The SMILES string of the molecule is COc1ccc(-c2nnc(S[C@H](C)C(=O)Nc3cc4oc5ccccc5c4cc3OC)n2C(C)C)cc1. The van der Waals surface area contributed by atoms with Crippen LogP contribution in [0.5, 0.6) is 11.5 Å². The van der Waals surface area contributed by atoms with E-state index < -0.39 is 5.25 Å². The van der Waals surface area contributed by atoms with Crippen molar-refractivity contribution in [3.05, 3.63) is 60.7 Å². The number of carbonyl (C=O) groups excluding carboxylic acids is 1. The van der Waals surface area contributed by atoms with Crippen molar-refractivity contribution >= 4 is 45.3 Å². The number of nitrogens with zero attached hydrogens (tertiary/aromatic N) is 3. The lowest BCUT2D eigenvalue weighted by molar-refractivity contribution is -0.115. The van der Waals surface area contributed by atoms with Crippen LogP contribution in [0.1, 0.15) is 26.8 Å². The van der Waals surface area contributed by atoms with Gasteiger partial charge in [-0.3, -0.25) is 9.36 Å². The molecule has 5 rings (SSSR count). The lowest BCUT2D eigenvalue weighted by atomic mass is 10.1. The van der Waals surface area contributed by atoms with Crippen LogP contribution >= 0.6 is 11.8 Å². The maximum absolute atomic E-state index is 13.2. The summed E-state index contributed by atoms with van der Waals surface area (Å²) >= 11 is 1.36. The van der Waals surface area contributed by atoms with Crippen LogP contribution in [0.3, 0.4) is 0 Å². The number of carbonyl (C=O) groups is 1. The molecule has 0 unspecified atom stereocenters. The number of para-hydroxylation sites is 1. The van der Waals surface area contributed by atoms with Crippen molar-refractivity contribution in [2.24, 2.45) is 0 Å². The molecule has 2 aromatic heterocycles. The summed E-state index contributed by atoms with van der Waals surface area (Å²) in [6.07, 6.45) is 0. The van der Waals surface area contributed by atoms with E-state index in [9.17, 15) is 4.79 Å². The van der Waals surface area contributed by atoms with E-state index in [1.165, 1.54) is 11.8 Å². The van der Waals surface area contributed by atoms with Gasteiger partial charge in [-0.25, -0.2) is 0 Å². The minimum Gasteiger partial charge on any atom is -0.497 e. The molecule has 3 aromatic carbocycles. The standard InChI is InChI=1S/C28H28N4O4S/c1-16(2)32-26(18-10-12-19(34-4)13-11-18)30-31-28(32)37-17(3)27(33)29-22-15-24-21(14-25(22)35-5)20-8-6-7-9-23(20)36-24/h6-17H,1-5H3,(H,29,33)/t17-/m1/s1. The highest BCUT2D eigenvalue weighted by atomic mass is 32.2. The Kier molecular flexibility index (Phi) is 6.80. The van der Waals surface area contributed by atoms with Crippen LogP contribution in [0, 0.1) is 0 Å². The third-order valence-corrected chi connectivity index (χ3v) is 7.19. The summed E-state index contributed by atoms with van der Waals surface area (Å²) in [7, 11) is 3.22. The number of hydrogen-bond acceptors (Lipinski definition) is 7. The number of amides is 1. The van der Waals surface area contributed by atoms with Gasteiger partial charge in [0, 0.05) is 28.4 Å². The number of methoxy groups -OCH3 is 2. The maximum Gasteiger partial charge on any atom is 0.237 e. The molecule has 0 aliphatic rings. The second-order valence-electron chi connectivity index (χ2n) is 8.89. The molecule has 0 radical (unpaired) electrons. The van der Waals surface area contributed by atoms with Gasteiger partial charge in [0.25, 0.3) is 0 Å². The van der Waals surface area contributed by atoms with Crippen LogP contribution in [0.2, 0.25) is 0 Å². The van der Waals surface area contributed by atoms with E-state index in [1.54, 1.807) is 14.2 Å². The lowest BCUT2D eigenvalue weighted by Crippen LogP contribution is -2.23. The minimum atomic E-state index is -0.443. The number of nitrogens with one attached hydrogen (secondary N) is 1. The highest BCUT2D eigenvalue weighted by molar-refractivity contribution is 8.00. The Morgan fingerprint density at radius 1 is 0.946 bits per heavy atom. The normalized spacial score (nSPS) is 12.3. The van der Waals surface area contributed by atoms with Crippen molar-refractivity contribution in [3.63, 3.8) is 0 Å².